The summed E-state index contributed by atoms with van der Waals surface area (Å²) >= 11 is 1.29. The Kier molecular flexibility index (Phi) is 3.93. The molecule has 142 valence electrons. The summed E-state index contributed by atoms with van der Waals surface area (Å²) in [6.07, 6.45) is 3.16. The molecule has 0 saturated heterocycles. The molecule has 1 N–H and O–H groups in total. The molecule has 1 atom stereocenters. The van der Waals surface area contributed by atoms with Crippen LogP contribution in [0.1, 0.15) is 38.7 Å². The number of carbonyl (C=O) groups excluding carboxylic acids is 1. The van der Waals surface area contributed by atoms with Crippen LogP contribution in [-0.4, -0.2) is 37.3 Å². The molecule has 0 bridgehead atoms. The van der Waals surface area contributed by atoms with E-state index in [2.05, 4.69) is 19.9 Å². The number of carbonyl (C=O) groups is 1. The fourth-order valence-corrected chi connectivity index (χ4v) is 4.56. The number of para-hydroxylation sites is 1. The van der Waals surface area contributed by atoms with Gasteiger partial charge < -0.3 is 14.3 Å². The maximum atomic E-state index is 14.2. The molecule has 10 heteroatoms. The average molecular weight is 401 g/mol. The molecule has 0 unspecified atom stereocenters. The Morgan fingerprint density at radius 2 is 2.29 bits per heavy atom. The molecule has 0 aliphatic carbocycles. The predicted octanol–water partition coefficient (Wildman–Crippen LogP) is 3.40. The van der Waals surface area contributed by atoms with E-state index in [1.54, 1.807) is 18.5 Å². The van der Waals surface area contributed by atoms with E-state index >= 15 is 0 Å². The lowest BCUT2D eigenvalue weighted by molar-refractivity contribution is 0.0655. The minimum absolute atomic E-state index is 0.0491. The second kappa shape index (κ2) is 6.48. The van der Waals surface area contributed by atoms with Gasteiger partial charge in [0.1, 0.15) is 34.8 Å². The van der Waals surface area contributed by atoms with Gasteiger partial charge in [0.25, 0.3) is 5.91 Å². The normalized spacial score (nSPS) is 16.5. The fourth-order valence-electron chi connectivity index (χ4n) is 3.46. The van der Waals surface area contributed by atoms with Crippen LogP contribution in [0.3, 0.4) is 0 Å². The van der Waals surface area contributed by atoms with Gasteiger partial charge in [-0.25, -0.2) is 23.7 Å². The van der Waals surface area contributed by atoms with Gasteiger partial charge in [-0.3, -0.25) is 4.79 Å². The van der Waals surface area contributed by atoms with E-state index in [0.29, 0.717) is 28.4 Å². The van der Waals surface area contributed by atoms with Gasteiger partial charge in [0, 0.05) is 18.7 Å². The Bertz CT molecular complexity index is 1180. The van der Waals surface area contributed by atoms with E-state index in [9.17, 15) is 13.6 Å². The van der Waals surface area contributed by atoms with E-state index in [0.717, 1.165) is 12.1 Å². The number of alkyl halides is 1. The molecule has 7 nitrogen and oxygen atoms in total. The highest BCUT2D eigenvalue weighted by atomic mass is 32.1. The zero-order valence-corrected chi connectivity index (χ0v) is 15.2. The van der Waals surface area contributed by atoms with Crippen LogP contribution >= 0.6 is 11.3 Å². The number of nitrogens with zero attached hydrogens (tertiary/aromatic N) is 4. The summed E-state index contributed by atoms with van der Waals surface area (Å²) in [4.78, 5) is 30.3. The molecule has 4 aromatic rings. The quantitative estimate of drug-likeness (QED) is 0.568. The molecular weight excluding hydrogens is 388 g/mol. The van der Waals surface area contributed by atoms with Crippen molar-refractivity contribution in [2.24, 2.45) is 0 Å². The molecule has 1 aliphatic rings. The van der Waals surface area contributed by atoms with Crippen LogP contribution in [0.4, 0.5) is 8.78 Å². The second-order valence-electron chi connectivity index (χ2n) is 6.32. The molecule has 1 aliphatic heterocycles. The second-order valence-corrected chi connectivity index (χ2v) is 7.38. The van der Waals surface area contributed by atoms with Crippen LogP contribution in [0.15, 0.2) is 35.3 Å². The smallest absolute Gasteiger partial charge is 0.292 e. The number of imidazole rings is 1. The number of H-pyrrole nitrogens is 1. The minimum atomic E-state index is -0.907. The maximum Gasteiger partial charge on any atom is 0.292 e. The van der Waals surface area contributed by atoms with Gasteiger partial charge in [0.05, 0.1) is 16.7 Å². The molecule has 1 aromatic carbocycles. The van der Waals surface area contributed by atoms with Gasteiger partial charge in [0.15, 0.2) is 6.39 Å². The first-order chi connectivity index (χ1) is 13.7. The molecule has 28 heavy (non-hydrogen) atoms. The number of hydrogen-bond acceptors (Lipinski definition) is 6. The monoisotopic (exact) mass is 401 g/mol. The first-order valence-corrected chi connectivity index (χ1v) is 9.35. The number of halogens is 2. The highest BCUT2D eigenvalue weighted by molar-refractivity contribution is 7.18. The van der Waals surface area contributed by atoms with Crippen molar-refractivity contribution in [2.45, 2.75) is 19.1 Å². The van der Waals surface area contributed by atoms with Crippen LogP contribution in [0.25, 0.3) is 10.2 Å². The number of nitrogens with one attached hydrogen (secondary N) is 1. The lowest BCUT2D eigenvalue weighted by Crippen LogP contribution is -2.41. The fraction of sp³-hybridized carbons (Fsp3) is 0.222. The first-order valence-electron chi connectivity index (χ1n) is 8.53. The maximum absolute atomic E-state index is 14.2. The molecular formula is C18H13F2N5O2S. The molecule has 0 spiro atoms. The third kappa shape index (κ3) is 2.52. The molecule has 3 aromatic heterocycles. The van der Waals surface area contributed by atoms with Crippen LogP contribution < -0.4 is 0 Å². The van der Waals surface area contributed by atoms with Gasteiger partial charge in [-0.2, -0.15) is 0 Å². The molecule has 4 heterocycles. The van der Waals surface area contributed by atoms with Gasteiger partial charge in [0.2, 0.25) is 5.76 Å². The van der Waals surface area contributed by atoms with Crippen LogP contribution in [0.5, 0.6) is 0 Å². The van der Waals surface area contributed by atoms with E-state index in [1.165, 1.54) is 22.3 Å². The Balaban J connectivity index is 1.64. The number of oxazole rings is 1. The third-order valence-corrected chi connectivity index (χ3v) is 5.84. The highest BCUT2D eigenvalue weighted by Crippen LogP contribution is 2.38. The molecule has 0 saturated carbocycles. The van der Waals surface area contributed by atoms with Crippen molar-refractivity contribution in [3.63, 3.8) is 0 Å². The van der Waals surface area contributed by atoms with Crippen LogP contribution in [0.2, 0.25) is 0 Å². The number of rotatable bonds is 3. The number of aromatic amines is 1. The summed E-state index contributed by atoms with van der Waals surface area (Å²) in [6, 6.07) is 4.11. The summed E-state index contributed by atoms with van der Waals surface area (Å²) in [6.45, 7) is -0.556. The van der Waals surface area contributed by atoms with Crippen molar-refractivity contribution >= 4 is 27.5 Å². The Morgan fingerprint density at radius 3 is 3.11 bits per heavy atom. The van der Waals surface area contributed by atoms with Crippen molar-refractivity contribution in [2.75, 3.05) is 6.54 Å². The van der Waals surface area contributed by atoms with Gasteiger partial charge in [-0.15, -0.1) is 11.3 Å². The number of aromatic nitrogens is 4. The first kappa shape index (κ1) is 17.0. The molecule has 0 radical (unpaired) electrons. The summed E-state index contributed by atoms with van der Waals surface area (Å²) < 4.78 is 33.2. The number of thiazole rings is 1. The Hall–Kier alpha value is -3.14. The van der Waals surface area contributed by atoms with E-state index in [4.69, 9.17) is 4.42 Å². The standard InChI is InChI=1S/C18H13F2N5O2S/c19-6-11-16(27-8-23-11)18(26)25-5-4-10-14(22-7-21-10)15(25)17-24-13-9(20)2-1-3-12(13)28-17/h1-3,7-8,15H,4-6H2,(H,21,22)/t15-/m0/s1. The van der Waals surface area contributed by atoms with Crippen molar-refractivity contribution in [3.8, 4) is 0 Å². The minimum Gasteiger partial charge on any atom is -0.438 e. The Labute approximate surface area is 161 Å². The molecule has 1 amide bonds. The largest absolute Gasteiger partial charge is 0.438 e. The average Bonchev–Trinajstić information content (AvgIpc) is 3.44. The van der Waals surface area contributed by atoms with Crippen molar-refractivity contribution < 1.29 is 18.0 Å². The van der Waals surface area contributed by atoms with Crippen molar-refractivity contribution in [1.29, 1.82) is 0 Å². The van der Waals surface area contributed by atoms with Crippen molar-refractivity contribution in [3.05, 3.63) is 64.6 Å². The number of fused-ring (bicyclic) bond motifs is 2. The molecule has 5 rings (SSSR count). The number of amides is 1. The highest BCUT2D eigenvalue weighted by Gasteiger charge is 2.38. The SMILES string of the molecule is O=C(c1ocnc1CF)N1CCc2[nH]cnc2[C@H]1c1nc2c(F)cccc2s1. The van der Waals surface area contributed by atoms with E-state index in [1.807, 2.05) is 0 Å². The van der Waals surface area contributed by atoms with Gasteiger partial charge >= 0.3 is 0 Å². The summed E-state index contributed by atoms with van der Waals surface area (Å²) in [5.41, 5.74) is 1.73. The van der Waals surface area contributed by atoms with E-state index < -0.39 is 24.4 Å². The number of benzene rings is 1. The summed E-state index contributed by atoms with van der Waals surface area (Å²) in [5.74, 6) is -1.06. The zero-order valence-electron chi connectivity index (χ0n) is 14.4. The lowest BCUT2D eigenvalue weighted by Gasteiger charge is -2.33. The zero-order chi connectivity index (χ0) is 19.3. The van der Waals surface area contributed by atoms with E-state index in [-0.39, 0.29) is 17.0 Å². The van der Waals surface area contributed by atoms with Crippen LogP contribution in [0, 0.1) is 5.82 Å². The van der Waals surface area contributed by atoms with Crippen molar-refractivity contribution in [1.82, 2.24) is 24.8 Å². The summed E-state index contributed by atoms with van der Waals surface area (Å²) in [5, 5.41) is 0.530. The van der Waals surface area contributed by atoms with Gasteiger partial charge in [-0.05, 0) is 12.1 Å². The third-order valence-electron chi connectivity index (χ3n) is 4.77. The topological polar surface area (TPSA) is 87.9 Å². The lowest BCUT2D eigenvalue weighted by atomic mass is 10.0. The molecule has 0 fully saturated rings. The van der Waals surface area contributed by atoms with Crippen LogP contribution in [-0.2, 0) is 13.1 Å². The predicted molar refractivity (Wildman–Crippen MR) is 96.1 cm³/mol. The van der Waals surface area contributed by atoms with Gasteiger partial charge in [-0.1, -0.05) is 6.07 Å². The summed E-state index contributed by atoms with van der Waals surface area (Å²) in [7, 11) is 0. The number of hydrogen-bond donors (Lipinski definition) is 1. The Morgan fingerprint density at radius 1 is 1.39 bits per heavy atom.